The molecule has 1 aromatic carbocycles. The maximum Gasteiger partial charge on any atom is 0.416 e. The third kappa shape index (κ3) is 6.45. The van der Waals surface area contributed by atoms with E-state index < -0.39 is 66.3 Å². The molecule has 16 heteroatoms. The van der Waals surface area contributed by atoms with Crippen molar-refractivity contribution in [2.45, 2.75) is 63.7 Å². The standard InChI is InChI=1S/C29H27F8N5O3/c1-14(2)17-7-20(24(44-4)38-9-17)21-10-39-25(41-12-27(30,31)13-41)40-22(21)11-42-15(3)23(45-26(42)43)16-5-18(28(32,33)34)8-19(6-16)29(35,36)37/h5-10,14-15,23H,11-13H2,1-4H3. The van der Waals surface area contributed by atoms with E-state index in [4.69, 9.17) is 9.47 Å². The molecule has 2 aliphatic rings. The van der Waals surface area contributed by atoms with Crippen LogP contribution in [0.4, 0.5) is 45.9 Å². The zero-order valence-corrected chi connectivity index (χ0v) is 24.3. The van der Waals surface area contributed by atoms with Gasteiger partial charge in [-0.15, -0.1) is 0 Å². The number of ether oxygens (including phenoxy) is 2. The second-order valence-corrected chi connectivity index (χ2v) is 11.2. The smallest absolute Gasteiger partial charge is 0.416 e. The van der Waals surface area contributed by atoms with Crippen LogP contribution in [0.25, 0.3) is 11.1 Å². The van der Waals surface area contributed by atoms with E-state index in [1.807, 2.05) is 13.8 Å². The molecule has 2 unspecified atom stereocenters. The van der Waals surface area contributed by atoms with Crippen LogP contribution in [-0.4, -0.2) is 58.1 Å². The average molecular weight is 646 g/mol. The van der Waals surface area contributed by atoms with Gasteiger partial charge < -0.3 is 14.4 Å². The minimum Gasteiger partial charge on any atom is -0.481 e. The van der Waals surface area contributed by atoms with Crippen LogP contribution in [0.2, 0.25) is 0 Å². The number of nitrogens with zero attached hydrogens (tertiary/aromatic N) is 5. The summed E-state index contributed by atoms with van der Waals surface area (Å²) < 4.78 is 119. The number of anilines is 1. The van der Waals surface area contributed by atoms with Crippen LogP contribution in [0, 0.1) is 0 Å². The van der Waals surface area contributed by atoms with Crippen molar-refractivity contribution in [3.8, 4) is 17.0 Å². The third-order valence-corrected chi connectivity index (χ3v) is 7.66. The first-order chi connectivity index (χ1) is 20.9. The number of halogens is 8. The second kappa shape index (κ2) is 11.3. The van der Waals surface area contributed by atoms with Crippen LogP contribution in [-0.2, 0) is 23.6 Å². The lowest BCUT2D eigenvalue weighted by Crippen LogP contribution is -2.57. The number of amides is 1. The molecule has 0 spiro atoms. The van der Waals surface area contributed by atoms with Crippen LogP contribution < -0.4 is 9.64 Å². The molecule has 2 atom stereocenters. The number of pyridine rings is 1. The van der Waals surface area contributed by atoms with Gasteiger partial charge in [-0.1, -0.05) is 13.8 Å². The van der Waals surface area contributed by atoms with Gasteiger partial charge in [0, 0.05) is 23.5 Å². The van der Waals surface area contributed by atoms with Gasteiger partial charge in [0.05, 0.1) is 49.6 Å². The lowest BCUT2D eigenvalue weighted by Gasteiger charge is -2.38. The molecule has 8 nitrogen and oxygen atoms in total. The molecular formula is C29H27F8N5O3. The van der Waals surface area contributed by atoms with Gasteiger partial charge in [0.1, 0.15) is 6.10 Å². The van der Waals surface area contributed by atoms with Gasteiger partial charge in [-0.25, -0.2) is 28.5 Å². The maximum atomic E-state index is 13.6. The van der Waals surface area contributed by atoms with Crippen molar-refractivity contribution in [3.05, 3.63) is 64.6 Å². The maximum absolute atomic E-state index is 13.6. The Hall–Kier alpha value is -4.24. The summed E-state index contributed by atoms with van der Waals surface area (Å²) in [6, 6.07) is 1.72. The van der Waals surface area contributed by atoms with Crippen molar-refractivity contribution >= 4 is 12.0 Å². The Morgan fingerprint density at radius 1 is 0.978 bits per heavy atom. The van der Waals surface area contributed by atoms with Crippen LogP contribution in [0.5, 0.6) is 5.88 Å². The highest BCUT2D eigenvalue weighted by Gasteiger charge is 2.46. The molecule has 5 rings (SSSR count). The van der Waals surface area contributed by atoms with Gasteiger partial charge in [-0.2, -0.15) is 26.3 Å². The fraction of sp³-hybridized carbons (Fsp3) is 0.448. The zero-order valence-electron chi connectivity index (χ0n) is 24.3. The van der Waals surface area contributed by atoms with E-state index in [-0.39, 0.29) is 36.1 Å². The summed E-state index contributed by atoms with van der Waals surface area (Å²) >= 11 is 0. The summed E-state index contributed by atoms with van der Waals surface area (Å²) in [4.78, 5) is 28.4. The van der Waals surface area contributed by atoms with Gasteiger partial charge in [0.2, 0.25) is 11.8 Å². The molecule has 2 saturated heterocycles. The normalized spacial score (nSPS) is 20.0. The highest BCUT2D eigenvalue weighted by Crippen LogP contribution is 2.42. The number of rotatable bonds is 7. The first-order valence-corrected chi connectivity index (χ1v) is 13.7. The molecule has 45 heavy (non-hydrogen) atoms. The molecule has 2 aromatic heterocycles. The van der Waals surface area contributed by atoms with Crippen molar-refractivity contribution in [2.24, 2.45) is 0 Å². The summed E-state index contributed by atoms with van der Waals surface area (Å²) in [7, 11) is 1.38. The molecule has 0 saturated carbocycles. The lowest BCUT2D eigenvalue weighted by atomic mass is 9.97. The van der Waals surface area contributed by atoms with Gasteiger partial charge in [-0.3, -0.25) is 4.90 Å². The summed E-state index contributed by atoms with van der Waals surface area (Å²) in [5.74, 6) is -2.79. The number of carbonyl (C=O) groups is 1. The topological polar surface area (TPSA) is 80.7 Å². The molecule has 2 aliphatic heterocycles. The Morgan fingerprint density at radius 2 is 1.60 bits per heavy atom. The molecule has 0 radical (unpaired) electrons. The monoisotopic (exact) mass is 645 g/mol. The third-order valence-electron chi connectivity index (χ3n) is 7.66. The highest BCUT2D eigenvalue weighted by molar-refractivity contribution is 5.74. The van der Waals surface area contributed by atoms with E-state index in [0.29, 0.717) is 23.3 Å². The molecule has 0 bridgehead atoms. The van der Waals surface area contributed by atoms with E-state index >= 15 is 0 Å². The van der Waals surface area contributed by atoms with Crippen molar-refractivity contribution in [3.63, 3.8) is 0 Å². The predicted molar refractivity (Wildman–Crippen MR) is 144 cm³/mol. The highest BCUT2D eigenvalue weighted by atomic mass is 19.4. The number of methoxy groups -OCH3 is 1. The Morgan fingerprint density at radius 3 is 2.13 bits per heavy atom. The molecule has 0 aliphatic carbocycles. The second-order valence-electron chi connectivity index (χ2n) is 11.2. The quantitative estimate of drug-likeness (QED) is 0.251. The van der Waals surface area contributed by atoms with Gasteiger partial charge in [-0.05, 0) is 48.2 Å². The summed E-state index contributed by atoms with van der Waals surface area (Å²) in [6.45, 7) is 3.63. The summed E-state index contributed by atoms with van der Waals surface area (Å²) in [5.41, 5.74) is -1.91. The Bertz CT molecular complexity index is 1570. The van der Waals surface area contributed by atoms with Gasteiger partial charge in [0.25, 0.3) is 5.92 Å². The van der Waals surface area contributed by atoms with E-state index in [0.717, 1.165) is 10.5 Å². The fourth-order valence-corrected chi connectivity index (χ4v) is 5.16. The molecule has 4 heterocycles. The number of hydrogen-bond donors (Lipinski definition) is 0. The number of benzene rings is 1. The zero-order chi connectivity index (χ0) is 33.1. The number of hydrogen-bond acceptors (Lipinski definition) is 7. The van der Waals surface area contributed by atoms with Crippen molar-refractivity contribution in [1.82, 2.24) is 19.9 Å². The average Bonchev–Trinajstić information content (AvgIpc) is 3.22. The summed E-state index contributed by atoms with van der Waals surface area (Å²) in [5, 5.41) is 0. The van der Waals surface area contributed by atoms with E-state index in [2.05, 4.69) is 15.0 Å². The molecular weight excluding hydrogens is 618 g/mol. The SMILES string of the molecule is COc1ncc(C(C)C)cc1-c1cnc(N2CC(F)(F)C2)nc1CN1C(=O)OC(c2cc(C(F)(F)F)cc(C(F)(F)F)c2)C1C. The van der Waals surface area contributed by atoms with Crippen molar-refractivity contribution in [2.75, 3.05) is 25.1 Å². The molecule has 0 N–H and O–H groups in total. The number of alkyl halides is 8. The Balaban J connectivity index is 1.55. The minimum atomic E-state index is -5.10. The first-order valence-electron chi connectivity index (χ1n) is 13.7. The predicted octanol–water partition coefficient (Wildman–Crippen LogP) is 7.25. The molecule has 3 aromatic rings. The van der Waals surface area contributed by atoms with Gasteiger partial charge >= 0.3 is 18.4 Å². The van der Waals surface area contributed by atoms with E-state index in [1.54, 1.807) is 12.3 Å². The Kier molecular flexibility index (Phi) is 8.06. The number of cyclic esters (lactones) is 1. The summed E-state index contributed by atoms with van der Waals surface area (Å²) in [6.07, 6.45) is -9.75. The van der Waals surface area contributed by atoms with E-state index in [1.165, 1.54) is 25.1 Å². The number of aromatic nitrogens is 3. The van der Waals surface area contributed by atoms with Gasteiger partial charge in [0.15, 0.2) is 0 Å². The number of carbonyl (C=O) groups excluding carboxylic acids is 1. The van der Waals surface area contributed by atoms with Crippen molar-refractivity contribution < 1.29 is 49.4 Å². The van der Waals surface area contributed by atoms with Crippen molar-refractivity contribution in [1.29, 1.82) is 0 Å². The van der Waals surface area contributed by atoms with E-state index in [9.17, 15) is 39.9 Å². The van der Waals surface area contributed by atoms with Crippen LogP contribution >= 0.6 is 0 Å². The minimum absolute atomic E-state index is 0.0105. The molecule has 2 fully saturated rings. The largest absolute Gasteiger partial charge is 0.481 e. The first kappa shape index (κ1) is 32.2. The van der Waals surface area contributed by atoms with Crippen LogP contribution in [0.15, 0.2) is 36.7 Å². The van der Waals surface area contributed by atoms with Crippen LogP contribution in [0.1, 0.15) is 60.7 Å². The Labute approximate surface area is 252 Å². The molecule has 242 valence electrons. The van der Waals surface area contributed by atoms with Crippen LogP contribution in [0.3, 0.4) is 0 Å². The lowest BCUT2D eigenvalue weighted by molar-refractivity contribution is -0.143. The fourth-order valence-electron chi connectivity index (χ4n) is 5.16. The molecule has 1 amide bonds.